The largest absolute Gasteiger partial charge is 0.491 e. The Hall–Kier alpha value is -7.67. The Morgan fingerprint density at radius 1 is 0.811 bits per heavy atom. The molecule has 0 unspecified atom stereocenters. The number of hydrogen-bond donors (Lipinski definition) is 4. The summed E-state index contributed by atoms with van der Waals surface area (Å²) in [6.07, 6.45) is 3.72. The Labute approximate surface area is 433 Å². The van der Waals surface area contributed by atoms with E-state index in [9.17, 15) is 10.2 Å². The third-order valence-corrected chi connectivity index (χ3v) is 16.0. The number of amides is 4. The zero-order chi connectivity index (χ0) is 51.0. The Morgan fingerprint density at radius 3 is 2.20 bits per heavy atom. The van der Waals surface area contributed by atoms with Crippen LogP contribution in [-0.4, -0.2) is 68.8 Å². The number of anilines is 2. The van der Waals surface area contributed by atoms with Crippen molar-refractivity contribution in [2.24, 2.45) is 5.92 Å². The van der Waals surface area contributed by atoms with Crippen molar-refractivity contribution in [1.29, 1.82) is 0 Å². The molecule has 374 valence electrons. The maximum absolute atomic E-state index is 16.9. The van der Waals surface area contributed by atoms with Crippen molar-refractivity contribution < 1.29 is 38.9 Å². The number of esters is 1. The Morgan fingerprint density at radius 2 is 1.49 bits per heavy atom. The number of rotatable bonds is 10. The van der Waals surface area contributed by atoms with E-state index in [-0.39, 0.29) is 29.6 Å². The van der Waals surface area contributed by atoms with Crippen LogP contribution in [0.1, 0.15) is 103 Å². The molecule has 1 saturated carbocycles. The highest BCUT2D eigenvalue weighted by Crippen LogP contribution is 2.66. The second kappa shape index (κ2) is 20.3. The molecule has 7 atom stereocenters. The first-order chi connectivity index (χ1) is 36.1. The molecule has 0 bridgehead atoms. The predicted molar refractivity (Wildman–Crippen MR) is 282 cm³/mol. The van der Waals surface area contributed by atoms with Crippen LogP contribution in [0, 0.1) is 17.8 Å². The summed E-state index contributed by atoms with van der Waals surface area (Å²) in [6, 6.07) is 43.3. The van der Waals surface area contributed by atoms with E-state index >= 15 is 19.2 Å². The molecule has 4 N–H and O–H groups in total. The van der Waals surface area contributed by atoms with Gasteiger partial charge in [0.25, 0.3) is 0 Å². The van der Waals surface area contributed by atoms with Gasteiger partial charge >= 0.3 is 12.0 Å². The van der Waals surface area contributed by atoms with Crippen LogP contribution in [0.25, 0.3) is 10.2 Å². The third-order valence-electron chi connectivity index (χ3n) is 15.0. The van der Waals surface area contributed by atoms with Gasteiger partial charge in [-0.05, 0) is 103 Å². The number of urea groups is 1. The number of morpholine rings is 1. The lowest BCUT2D eigenvalue weighted by atomic mass is 9.65. The molecule has 1 spiro atoms. The minimum atomic E-state index is -2.10. The summed E-state index contributed by atoms with van der Waals surface area (Å²) in [7, 11) is 0. The fraction of sp³-hybridized carbons (Fsp3) is 0.283. The van der Waals surface area contributed by atoms with E-state index in [4.69, 9.17) is 14.5 Å². The number of thiazole rings is 1. The molecule has 14 heteroatoms. The first-order valence-electron chi connectivity index (χ1n) is 25.3. The highest BCUT2D eigenvalue weighted by atomic mass is 32.1. The second-order valence-electron chi connectivity index (χ2n) is 19.5. The summed E-state index contributed by atoms with van der Waals surface area (Å²) < 4.78 is 13.5. The molecule has 3 fully saturated rings. The van der Waals surface area contributed by atoms with Crippen molar-refractivity contribution in [3.8, 4) is 17.6 Å². The minimum Gasteiger partial charge on any atom is -0.491 e. The van der Waals surface area contributed by atoms with Crippen LogP contribution in [0.2, 0.25) is 0 Å². The van der Waals surface area contributed by atoms with Gasteiger partial charge in [-0.3, -0.25) is 19.3 Å². The van der Waals surface area contributed by atoms with Gasteiger partial charge < -0.3 is 30.3 Å². The topological polar surface area (TPSA) is 171 Å². The fourth-order valence-corrected chi connectivity index (χ4v) is 12.6. The quantitative estimate of drug-likeness (QED) is 0.0588. The van der Waals surface area contributed by atoms with Gasteiger partial charge in [0.1, 0.15) is 35.5 Å². The zero-order valence-electron chi connectivity index (χ0n) is 40.7. The molecule has 4 heterocycles. The Balaban J connectivity index is 1.19. The number of aromatic nitrogens is 1. The molecule has 0 radical (unpaired) electrons. The summed E-state index contributed by atoms with van der Waals surface area (Å²) in [5, 5.41) is 28.1. The van der Waals surface area contributed by atoms with Crippen LogP contribution < -0.4 is 20.3 Å². The lowest BCUT2D eigenvalue weighted by Crippen LogP contribution is -2.55. The summed E-state index contributed by atoms with van der Waals surface area (Å²) >= 11 is 1.26. The number of fused-ring (bicyclic) bond motifs is 4. The van der Waals surface area contributed by atoms with Crippen molar-refractivity contribution >= 4 is 56.2 Å². The number of ether oxygens (including phenoxy) is 2. The Bertz CT molecular complexity index is 3260. The molecule has 4 aliphatic rings. The molecule has 6 aromatic carbocycles. The Kier molecular flexibility index (Phi) is 13.3. The number of nitrogens with zero attached hydrogens (tertiary/aromatic N) is 3. The molecular formula is C60H55N5O8S. The zero-order valence-corrected chi connectivity index (χ0v) is 41.5. The third kappa shape index (κ3) is 8.79. The van der Waals surface area contributed by atoms with Gasteiger partial charge in [-0.25, -0.2) is 14.7 Å². The van der Waals surface area contributed by atoms with E-state index in [2.05, 4.69) is 22.5 Å². The van der Waals surface area contributed by atoms with Crippen LogP contribution >= 0.6 is 11.3 Å². The minimum absolute atomic E-state index is 0.0302. The lowest BCUT2D eigenvalue weighted by molar-refractivity contribution is -0.177. The fourth-order valence-electron chi connectivity index (χ4n) is 11.7. The predicted octanol–water partition coefficient (Wildman–Crippen LogP) is 9.88. The molecule has 1 aliphatic carbocycles. The van der Waals surface area contributed by atoms with E-state index in [1.165, 1.54) is 11.3 Å². The van der Waals surface area contributed by atoms with Crippen LogP contribution in [-0.2, 0) is 24.5 Å². The molecule has 4 amide bonds. The maximum Gasteiger partial charge on any atom is 0.329 e. The molecule has 2 saturated heterocycles. The summed E-state index contributed by atoms with van der Waals surface area (Å²) in [4.78, 5) is 71.8. The van der Waals surface area contributed by atoms with Gasteiger partial charge in [0, 0.05) is 5.56 Å². The molecule has 13 nitrogen and oxygen atoms in total. The van der Waals surface area contributed by atoms with Crippen molar-refractivity contribution in [3.05, 3.63) is 191 Å². The first-order valence-corrected chi connectivity index (χ1v) is 26.1. The number of aliphatic hydroxyl groups is 2. The lowest BCUT2D eigenvalue weighted by Gasteiger charge is -2.46. The van der Waals surface area contributed by atoms with Crippen LogP contribution in [0.4, 0.5) is 15.6 Å². The molecular weight excluding hydrogens is 951 g/mol. The summed E-state index contributed by atoms with van der Waals surface area (Å²) in [5.41, 5.74) is 0.949. The van der Waals surface area contributed by atoms with Gasteiger partial charge in [0.05, 0.1) is 46.6 Å². The van der Waals surface area contributed by atoms with E-state index < -0.39 is 71.0 Å². The van der Waals surface area contributed by atoms with Gasteiger partial charge in [-0.15, -0.1) is 0 Å². The van der Waals surface area contributed by atoms with Crippen molar-refractivity contribution in [1.82, 2.24) is 15.2 Å². The van der Waals surface area contributed by atoms with Gasteiger partial charge in [-0.2, -0.15) is 0 Å². The van der Waals surface area contributed by atoms with Crippen LogP contribution in [0.3, 0.4) is 0 Å². The van der Waals surface area contributed by atoms with E-state index in [1.807, 2.05) is 133 Å². The van der Waals surface area contributed by atoms with E-state index in [0.717, 1.165) is 46.4 Å². The smallest absolute Gasteiger partial charge is 0.329 e. The van der Waals surface area contributed by atoms with Crippen molar-refractivity contribution in [3.63, 3.8) is 0 Å². The second-order valence-corrected chi connectivity index (χ2v) is 20.6. The van der Waals surface area contributed by atoms with Crippen molar-refractivity contribution in [2.75, 3.05) is 23.4 Å². The standard InChI is InChI=1S/C60H55N5O8S/c1-38(40-18-7-4-8-19-40)61-58(70)64-47-29-28-39(30-33-59(71)31-15-2-3-16-32-59)36-45(47)60(56(64)69)49(54(67)63-57-62-46-26-13-14-27-48(46)74-57)51-55(68)73-52(42-22-11-6-12-23-42)50(41-20-9-5-10-21-41)65(51)53(60)43-24-17-25-44(37-43)72-35-34-66/h4-14,17-29,36-38,49-53,66,71H,2-3,15-16,31-32,34-35H2,1H3,(H,61,70)(H,62,63,67)/t38-,49-,50-,51-,52+,53+,60-/m1/s1. The van der Waals surface area contributed by atoms with Gasteiger partial charge in [0.15, 0.2) is 5.13 Å². The number of carbonyl (C=O) groups is 4. The number of para-hydroxylation sites is 1. The highest BCUT2D eigenvalue weighted by molar-refractivity contribution is 7.22. The van der Waals surface area contributed by atoms with E-state index in [0.29, 0.717) is 40.8 Å². The summed E-state index contributed by atoms with van der Waals surface area (Å²) in [5.74, 6) is 3.04. The van der Waals surface area contributed by atoms with E-state index in [1.54, 1.807) is 36.4 Å². The SMILES string of the molecule is C[C@@H](NC(=O)N1C(=O)[C@@]2(c3cc(C#CC4(O)CCCCCC4)ccc31)[C@H](c1cccc(OCCO)c1)N1[C@H](c3ccccc3)[C@H](c3ccccc3)OC(=O)[C@H]1[C@@H]2C(=O)Nc1nc2ccccc2s1)c1ccccc1. The van der Waals surface area contributed by atoms with Gasteiger partial charge in [0.2, 0.25) is 11.8 Å². The molecule has 3 aliphatic heterocycles. The number of aliphatic hydroxyl groups excluding tert-OH is 1. The number of hydrogen-bond acceptors (Lipinski definition) is 11. The number of nitrogens with one attached hydrogen (secondary N) is 2. The van der Waals surface area contributed by atoms with Crippen LogP contribution in [0.5, 0.6) is 5.75 Å². The van der Waals surface area contributed by atoms with Gasteiger partial charge in [-0.1, -0.05) is 151 Å². The summed E-state index contributed by atoms with van der Waals surface area (Å²) in [6.45, 7) is 1.53. The maximum atomic E-state index is 16.9. The van der Waals surface area contributed by atoms with Crippen molar-refractivity contribution in [2.45, 2.75) is 86.7 Å². The average molecular weight is 1010 g/mol. The number of carbonyl (C=O) groups excluding carboxylic acids is 4. The molecule has 1 aromatic heterocycles. The number of imide groups is 1. The number of cyclic esters (lactones) is 1. The average Bonchev–Trinajstić information content (AvgIpc) is 4.07. The normalized spacial score (nSPS) is 23.4. The monoisotopic (exact) mass is 1010 g/mol. The van der Waals surface area contributed by atoms with Crippen LogP contribution in [0.15, 0.2) is 158 Å². The number of benzene rings is 6. The molecule has 7 aromatic rings. The first kappa shape index (κ1) is 48.6. The molecule has 74 heavy (non-hydrogen) atoms. The molecule has 11 rings (SSSR count). The highest BCUT2D eigenvalue weighted by Gasteiger charge is 2.75.